The molecule has 2 N–H and O–H groups in total. The number of aryl methyl sites for hydroxylation is 4. The molecule has 1 atom stereocenters. The zero-order chi connectivity index (χ0) is 13.4. The van der Waals surface area contributed by atoms with E-state index in [9.17, 15) is 0 Å². The van der Waals surface area contributed by atoms with Gasteiger partial charge in [-0.05, 0) is 56.5 Å². The van der Waals surface area contributed by atoms with E-state index < -0.39 is 0 Å². The fourth-order valence-corrected chi connectivity index (χ4v) is 2.72. The third-order valence-electron chi connectivity index (χ3n) is 3.30. The maximum absolute atomic E-state index is 6.37. The Labute approximate surface area is 116 Å². The first-order valence-corrected chi connectivity index (χ1v) is 6.78. The van der Waals surface area contributed by atoms with E-state index in [0.717, 1.165) is 27.1 Å². The van der Waals surface area contributed by atoms with Gasteiger partial charge in [-0.1, -0.05) is 22.0 Å². The highest BCUT2D eigenvalue weighted by atomic mass is 79.9. The number of hydrogen-bond donors (Lipinski definition) is 1. The normalized spacial score (nSPS) is 12.8. The van der Waals surface area contributed by atoms with Crippen molar-refractivity contribution in [2.45, 2.75) is 33.7 Å². The maximum atomic E-state index is 6.37. The third-order valence-corrected chi connectivity index (χ3v) is 4.15. The summed E-state index contributed by atoms with van der Waals surface area (Å²) in [6, 6.07) is 6.16. The van der Waals surface area contributed by atoms with Gasteiger partial charge in [0.1, 0.15) is 11.5 Å². The molecule has 3 heteroatoms. The lowest BCUT2D eigenvalue weighted by Gasteiger charge is -2.16. The van der Waals surface area contributed by atoms with Gasteiger partial charge in [-0.2, -0.15) is 0 Å². The first-order chi connectivity index (χ1) is 8.40. The van der Waals surface area contributed by atoms with Crippen LogP contribution in [-0.4, -0.2) is 0 Å². The van der Waals surface area contributed by atoms with E-state index in [1.54, 1.807) is 0 Å². The largest absolute Gasteiger partial charge is 0.466 e. The molecule has 2 nitrogen and oxygen atoms in total. The van der Waals surface area contributed by atoms with E-state index in [2.05, 4.69) is 41.9 Å². The van der Waals surface area contributed by atoms with E-state index >= 15 is 0 Å². The predicted octanol–water partition coefficient (Wildman–Crippen LogP) is 4.32. The van der Waals surface area contributed by atoms with Crippen LogP contribution in [0.5, 0.6) is 0 Å². The lowest BCUT2D eigenvalue weighted by atomic mass is 9.94. The molecule has 0 fully saturated rings. The van der Waals surface area contributed by atoms with Gasteiger partial charge in [-0.25, -0.2) is 0 Å². The zero-order valence-corrected chi connectivity index (χ0v) is 12.8. The molecule has 2 rings (SSSR count). The molecule has 1 aromatic heterocycles. The molecule has 0 saturated heterocycles. The van der Waals surface area contributed by atoms with Crippen LogP contribution in [-0.2, 0) is 0 Å². The quantitative estimate of drug-likeness (QED) is 0.897. The Morgan fingerprint density at radius 2 is 1.67 bits per heavy atom. The standard InChI is InChI=1S/C15H18BrNO/c1-8-6-14(16)9(2)5-12(8)15(17)13-7-10(3)18-11(13)4/h5-7,15H,17H2,1-4H3. The van der Waals surface area contributed by atoms with Gasteiger partial charge < -0.3 is 10.2 Å². The third kappa shape index (κ3) is 2.38. The van der Waals surface area contributed by atoms with Gasteiger partial charge in [-0.3, -0.25) is 0 Å². The van der Waals surface area contributed by atoms with Crippen LogP contribution >= 0.6 is 15.9 Å². The Morgan fingerprint density at radius 1 is 1.00 bits per heavy atom. The highest BCUT2D eigenvalue weighted by molar-refractivity contribution is 9.10. The summed E-state index contributed by atoms with van der Waals surface area (Å²) in [6.07, 6.45) is 0. The average molecular weight is 308 g/mol. The average Bonchev–Trinajstić information content (AvgIpc) is 2.62. The second-order valence-corrected chi connectivity index (χ2v) is 5.66. The summed E-state index contributed by atoms with van der Waals surface area (Å²) in [4.78, 5) is 0. The molecule has 0 aliphatic rings. The van der Waals surface area contributed by atoms with E-state index in [1.165, 1.54) is 11.1 Å². The fourth-order valence-electron chi connectivity index (χ4n) is 2.27. The predicted molar refractivity (Wildman–Crippen MR) is 77.8 cm³/mol. The first-order valence-electron chi connectivity index (χ1n) is 5.99. The minimum absolute atomic E-state index is 0.130. The van der Waals surface area contributed by atoms with Crippen molar-refractivity contribution in [3.8, 4) is 0 Å². The smallest absolute Gasteiger partial charge is 0.106 e. The molecule has 1 unspecified atom stereocenters. The van der Waals surface area contributed by atoms with Gasteiger partial charge in [-0.15, -0.1) is 0 Å². The number of halogens is 1. The van der Waals surface area contributed by atoms with Crippen LogP contribution in [0.25, 0.3) is 0 Å². The van der Waals surface area contributed by atoms with E-state index in [4.69, 9.17) is 10.2 Å². The van der Waals surface area contributed by atoms with Crippen molar-refractivity contribution in [3.05, 3.63) is 56.4 Å². The van der Waals surface area contributed by atoms with Crippen molar-refractivity contribution in [2.75, 3.05) is 0 Å². The minimum Gasteiger partial charge on any atom is -0.466 e. The van der Waals surface area contributed by atoms with Gasteiger partial charge in [0.05, 0.1) is 6.04 Å². The topological polar surface area (TPSA) is 39.2 Å². The van der Waals surface area contributed by atoms with Crippen LogP contribution in [0.2, 0.25) is 0 Å². The molecule has 0 spiro atoms. The lowest BCUT2D eigenvalue weighted by molar-refractivity contribution is 0.499. The lowest BCUT2D eigenvalue weighted by Crippen LogP contribution is -2.14. The molecule has 0 bridgehead atoms. The summed E-state index contributed by atoms with van der Waals surface area (Å²) < 4.78 is 6.68. The first kappa shape index (κ1) is 13.4. The van der Waals surface area contributed by atoms with E-state index in [1.807, 2.05) is 19.9 Å². The SMILES string of the molecule is Cc1cc(C(N)c2cc(C)c(Br)cc2C)c(C)o1. The second-order valence-electron chi connectivity index (χ2n) is 4.80. The number of hydrogen-bond acceptors (Lipinski definition) is 2. The van der Waals surface area contributed by atoms with Crippen molar-refractivity contribution in [1.82, 2.24) is 0 Å². The van der Waals surface area contributed by atoms with Crippen LogP contribution in [0.4, 0.5) is 0 Å². The van der Waals surface area contributed by atoms with Gasteiger partial charge in [0.15, 0.2) is 0 Å². The molecule has 0 amide bonds. The number of furan rings is 1. The van der Waals surface area contributed by atoms with E-state index in [0.29, 0.717) is 0 Å². The van der Waals surface area contributed by atoms with Crippen molar-refractivity contribution < 1.29 is 4.42 Å². The molecule has 1 aromatic carbocycles. The molecule has 0 saturated carbocycles. The van der Waals surface area contributed by atoms with Crippen LogP contribution in [0, 0.1) is 27.7 Å². The summed E-state index contributed by atoms with van der Waals surface area (Å²) in [7, 11) is 0. The molecule has 18 heavy (non-hydrogen) atoms. The molecule has 0 radical (unpaired) electrons. The Morgan fingerprint density at radius 3 is 2.22 bits per heavy atom. The van der Waals surface area contributed by atoms with Gasteiger partial charge in [0.25, 0.3) is 0 Å². The fraction of sp³-hybridized carbons (Fsp3) is 0.333. The molecule has 0 aliphatic carbocycles. The summed E-state index contributed by atoms with van der Waals surface area (Å²) in [5.74, 6) is 1.81. The summed E-state index contributed by atoms with van der Waals surface area (Å²) >= 11 is 3.54. The van der Waals surface area contributed by atoms with Gasteiger partial charge in [0, 0.05) is 10.0 Å². The number of benzene rings is 1. The van der Waals surface area contributed by atoms with Gasteiger partial charge in [0.2, 0.25) is 0 Å². The second kappa shape index (κ2) is 4.90. The number of nitrogens with two attached hydrogens (primary N) is 1. The minimum atomic E-state index is -0.130. The molecule has 2 aromatic rings. The summed E-state index contributed by atoms with van der Waals surface area (Å²) in [5, 5.41) is 0. The van der Waals surface area contributed by atoms with Crippen molar-refractivity contribution >= 4 is 15.9 Å². The Bertz CT molecular complexity index is 586. The Hall–Kier alpha value is -1.06. The molecule has 96 valence electrons. The van der Waals surface area contributed by atoms with Crippen molar-refractivity contribution in [2.24, 2.45) is 5.73 Å². The Kier molecular flexibility index (Phi) is 3.64. The highest BCUT2D eigenvalue weighted by Crippen LogP contribution is 2.30. The van der Waals surface area contributed by atoms with Gasteiger partial charge >= 0.3 is 0 Å². The van der Waals surface area contributed by atoms with E-state index in [-0.39, 0.29) is 6.04 Å². The molecular weight excluding hydrogens is 290 g/mol. The Balaban J connectivity index is 2.49. The van der Waals surface area contributed by atoms with Crippen LogP contribution in [0.1, 0.15) is 39.8 Å². The molecule has 1 heterocycles. The molecule has 0 aliphatic heterocycles. The summed E-state index contributed by atoms with van der Waals surface area (Å²) in [5.41, 5.74) is 11.0. The van der Waals surface area contributed by atoms with Crippen molar-refractivity contribution in [3.63, 3.8) is 0 Å². The molecular formula is C15H18BrNO. The maximum Gasteiger partial charge on any atom is 0.106 e. The summed E-state index contributed by atoms with van der Waals surface area (Å²) in [6.45, 7) is 8.07. The van der Waals surface area contributed by atoms with Crippen LogP contribution in [0.3, 0.4) is 0 Å². The van der Waals surface area contributed by atoms with Crippen LogP contribution in [0.15, 0.2) is 27.1 Å². The van der Waals surface area contributed by atoms with Crippen molar-refractivity contribution in [1.29, 1.82) is 0 Å². The zero-order valence-electron chi connectivity index (χ0n) is 11.2. The highest BCUT2D eigenvalue weighted by Gasteiger charge is 2.17. The van der Waals surface area contributed by atoms with Crippen LogP contribution < -0.4 is 5.73 Å². The monoisotopic (exact) mass is 307 g/mol. The number of rotatable bonds is 2.